The average molecular weight is 196 g/mol. The number of amides is 3. The van der Waals surface area contributed by atoms with Crippen LogP contribution >= 0.6 is 0 Å². The van der Waals surface area contributed by atoms with Crippen molar-refractivity contribution in [2.24, 2.45) is 5.73 Å². The maximum atomic E-state index is 11.1. The van der Waals surface area contributed by atoms with E-state index < -0.39 is 11.9 Å². The molecule has 6 heteroatoms. The molecular formula is C8H8N2O4. The van der Waals surface area contributed by atoms with Crippen LogP contribution in [-0.2, 0) is 0 Å². The molecule has 0 aliphatic rings. The Labute approximate surface area is 79.0 Å². The van der Waals surface area contributed by atoms with Crippen molar-refractivity contribution in [3.8, 4) is 11.5 Å². The molecule has 0 bridgehead atoms. The zero-order chi connectivity index (χ0) is 10.7. The van der Waals surface area contributed by atoms with Gasteiger partial charge in [0, 0.05) is 11.6 Å². The maximum Gasteiger partial charge on any atom is 0.319 e. The molecule has 0 spiro atoms. The van der Waals surface area contributed by atoms with Gasteiger partial charge in [-0.25, -0.2) is 4.79 Å². The molecule has 1 rings (SSSR count). The van der Waals surface area contributed by atoms with E-state index >= 15 is 0 Å². The van der Waals surface area contributed by atoms with Gasteiger partial charge in [0.1, 0.15) is 11.5 Å². The third kappa shape index (κ3) is 2.37. The Morgan fingerprint density at radius 1 is 1.14 bits per heavy atom. The number of nitrogens with one attached hydrogen (secondary N) is 1. The van der Waals surface area contributed by atoms with Crippen molar-refractivity contribution >= 4 is 11.9 Å². The van der Waals surface area contributed by atoms with Gasteiger partial charge in [0.25, 0.3) is 5.91 Å². The summed E-state index contributed by atoms with van der Waals surface area (Å²) in [5.41, 5.74) is 4.66. The number of rotatable bonds is 1. The predicted molar refractivity (Wildman–Crippen MR) is 46.8 cm³/mol. The Kier molecular flexibility index (Phi) is 2.57. The number of aromatic hydroxyl groups is 2. The molecule has 3 amide bonds. The predicted octanol–water partition coefficient (Wildman–Crippen LogP) is -0.0937. The number of carbonyl (C=O) groups is 2. The van der Waals surface area contributed by atoms with E-state index in [2.05, 4.69) is 0 Å². The first-order valence-corrected chi connectivity index (χ1v) is 3.63. The van der Waals surface area contributed by atoms with Gasteiger partial charge in [0.15, 0.2) is 0 Å². The topological polar surface area (TPSA) is 113 Å². The molecule has 0 saturated heterocycles. The van der Waals surface area contributed by atoms with Crippen LogP contribution in [0.4, 0.5) is 4.79 Å². The lowest BCUT2D eigenvalue weighted by atomic mass is 10.2. The quantitative estimate of drug-likeness (QED) is 0.502. The second kappa shape index (κ2) is 3.65. The molecule has 0 aliphatic heterocycles. The zero-order valence-electron chi connectivity index (χ0n) is 7.02. The van der Waals surface area contributed by atoms with Crippen LogP contribution in [-0.4, -0.2) is 22.2 Å². The molecule has 0 heterocycles. The van der Waals surface area contributed by atoms with Crippen molar-refractivity contribution in [1.82, 2.24) is 5.32 Å². The standard InChI is InChI=1S/C8H8N2O4/c9-8(14)10-7(13)4-1-5(11)3-6(12)2-4/h1-3,11-12H,(H3,9,10,13,14). The Hall–Kier alpha value is -2.24. The van der Waals surface area contributed by atoms with Crippen LogP contribution in [0.1, 0.15) is 10.4 Å². The number of urea groups is 1. The highest BCUT2D eigenvalue weighted by molar-refractivity contribution is 6.04. The van der Waals surface area contributed by atoms with Crippen LogP contribution in [0, 0.1) is 0 Å². The van der Waals surface area contributed by atoms with E-state index in [4.69, 9.17) is 15.9 Å². The molecule has 0 aliphatic carbocycles. The first-order chi connectivity index (χ1) is 6.49. The third-order valence-electron chi connectivity index (χ3n) is 1.40. The van der Waals surface area contributed by atoms with Gasteiger partial charge in [-0.1, -0.05) is 0 Å². The Bertz CT molecular complexity index is 369. The first kappa shape index (κ1) is 9.85. The number of primary amides is 1. The molecule has 14 heavy (non-hydrogen) atoms. The molecule has 6 nitrogen and oxygen atoms in total. The second-order valence-corrected chi connectivity index (χ2v) is 2.56. The van der Waals surface area contributed by atoms with Gasteiger partial charge in [-0.2, -0.15) is 0 Å². The van der Waals surface area contributed by atoms with Crippen molar-refractivity contribution in [3.63, 3.8) is 0 Å². The van der Waals surface area contributed by atoms with Gasteiger partial charge in [-0.3, -0.25) is 10.1 Å². The molecule has 0 saturated carbocycles. The van der Waals surface area contributed by atoms with Crippen LogP contribution in [0.2, 0.25) is 0 Å². The van der Waals surface area contributed by atoms with Gasteiger partial charge in [-0.15, -0.1) is 0 Å². The van der Waals surface area contributed by atoms with Crippen molar-refractivity contribution < 1.29 is 19.8 Å². The molecule has 1 aromatic rings. The highest BCUT2D eigenvalue weighted by Gasteiger charge is 2.09. The summed E-state index contributed by atoms with van der Waals surface area (Å²) in [6.45, 7) is 0. The van der Waals surface area contributed by atoms with E-state index in [9.17, 15) is 9.59 Å². The Balaban J connectivity index is 2.95. The van der Waals surface area contributed by atoms with Gasteiger partial charge < -0.3 is 15.9 Å². The molecule has 0 unspecified atom stereocenters. The van der Waals surface area contributed by atoms with E-state index in [0.29, 0.717) is 0 Å². The summed E-state index contributed by atoms with van der Waals surface area (Å²) in [5, 5.41) is 19.8. The van der Waals surface area contributed by atoms with E-state index in [0.717, 1.165) is 18.2 Å². The van der Waals surface area contributed by atoms with Crippen LogP contribution in [0.5, 0.6) is 11.5 Å². The second-order valence-electron chi connectivity index (χ2n) is 2.56. The molecule has 5 N–H and O–H groups in total. The fraction of sp³-hybridized carbons (Fsp3) is 0. The van der Waals surface area contributed by atoms with Gasteiger partial charge in [0.05, 0.1) is 0 Å². The van der Waals surface area contributed by atoms with Crippen molar-refractivity contribution in [2.45, 2.75) is 0 Å². The summed E-state index contributed by atoms with van der Waals surface area (Å²) in [4.78, 5) is 21.4. The third-order valence-corrected chi connectivity index (χ3v) is 1.40. The lowest BCUT2D eigenvalue weighted by molar-refractivity contribution is 0.0965. The minimum atomic E-state index is -1.00. The number of imide groups is 1. The highest BCUT2D eigenvalue weighted by atomic mass is 16.3. The molecule has 74 valence electrons. The van der Waals surface area contributed by atoms with Crippen molar-refractivity contribution in [2.75, 3.05) is 0 Å². The lowest BCUT2D eigenvalue weighted by Gasteiger charge is -2.02. The fourth-order valence-corrected chi connectivity index (χ4v) is 0.910. The fourth-order valence-electron chi connectivity index (χ4n) is 0.910. The zero-order valence-corrected chi connectivity index (χ0v) is 7.02. The molecule has 0 radical (unpaired) electrons. The monoisotopic (exact) mass is 196 g/mol. The number of hydrogen-bond donors (Lipinski definition) is 4. The number of phenolic OH excluding ortho intramolecular Hbond substituents is 2. The van der Waals surface area contributed by atoms with Gasteiger partial charge >= 0.3 is 6.03 Å². The maximum absolute atomic E-state index is 11.1. The Morgan fingerprint density at radius 3 is 2.07 bits per heavy atom. The number of hydrogen-bond acceptors (Lipinski definition) is 4. The van der Waals surface area contributed by atoms with Crippen LogP contribution < -0.4 is 11.1 Å². The number of nitrogens with two attached hydrogens (primary N) is 1. The molecule has 1 aromatic carbocycles. The summed E-state index contributed by atoms with van der Waals surface area (Å²) in [5.74, 6) is -1.34. The molecule has 0 aromatic heterocycles. The summed E-state index contributed by atoms with van der Waals surface area (Å²) >= 11 is 0. The minimum Gasteiger partial charge on any atom is -0.508 e. The summed E-state index contributed by atoms with van der Waals surface area (Å²) in [6.07, 6.45) is 0. The molecular weight excluding hydrogens is 188 g/mol. The largest absolute Gasteiger partial charge is 0.508 e. The summed E-state index contributed by atoms with van der Waals surface area (Å²) < 4.78 is 0. The minimum absolute atomic E-state index is 0.0544. The van der Waals surface area contributed by atoms with Crippen LogP contribution in [0.15, 0.2) is 18.2 Å². The van der Waals surface area contributed by atoms with E-state index in [1.165, 1.54) is 0 Å². The van der Waals surface area contributed by atoms with E-state index in [-0.39, 0.29) is 17.1 Å². The number of phenols is 2. The van der Waals surface area contributed by atoms with Crippen LogP contribution in [0.3, 0.4) is 0 Å². The van der Waals surface area contributed by atoms with Crippen LogP contribution in [0.25, 0.3) is 0 Å². The summed E-state index contributed by atoms with van der Waals surface area (Å²) in [7, 11) is 0. The lowest BCUT2D eigenvalue weighted by Crippen LogP contribution is -2.34. The van der Waals surface area contributed by atoms with Gasteiger partial charge in [0.2, 0.25) is 0 Å². The summed E-state index contributed by atoms with van der Waals surface area (Å²) in [6, 6.07) is 2.25. The van der Waals surface area contributed by atoms with Crippen molar-refractivity contribution in [1.29, 1.82) is 0 Å². The average Bonchev–Trinajstić information content (AvgIpc) is 2.00. The highest BCUT2D eigenvalue weighted by Crippen LogP contribution is 2.19. The SMILES string of the molecule is NC(=O)NC(=O)c1cc(O)cc(O)c1. The first-order valence-electron chi connectivity index (χ1n) is 3.63. The van der Waals surface area contributed by atoms with E-state index in [1.807, 2.05) is 0 Å². The molecule has 0 fully saturated rings. The normalized spacial score (nSPS) is 9.43. The van der Waals surface area contributed by atoms with E-state index in [1.54, 1.807) is 5.32 Å². The van der Waals surface area contributed by atoms with Crippen molar-refractivity contribution in [3.05, 3.63) is 23.8 Å². The smallest absolute Gasteiger partial charge is 0.319 e. The number of carbonyl (C=O) groups excluding carboxylic acids is 2. The van der Waals surface area contributed by atoms with Gasteiger partial charge in [-0.05, 0) is 12.1 Å². The molecule has 0 atom stereocenters. The Morgan fingerprint density at radius 2 is 1.64 bits per heavy atom. The number of benzene rings is 1.